The highest BCUT2D eigenvalue weighted by Gasteiger charge is 2.08. The highest BCUT2D eigenvalue weighted by Crippen LogP contribution is 2.12. The molecule has 0 radical (unpaired) electrons. The summed E-state index contributed by atoms with van der Waals surface area (Å²) in [7, 11) is 0. The molecule has 0 aromatic heterocycles. The van der Waals surface area contributed by atoms with Crippen LogP contribution in [0, 0.1) is 13.8 Å². The molecule has 0 aliphatic heterocycles. The fourth-order valence-electron chi connectivity index (χ4n) is 2.58. The zero-order valence-electron chi connectivity index (χ0n) is 15.8. The topological polar surface area (TPSA) is 70.6 Å². The Kier molecular flexibility index (Phi) is 5.97. The van der Waals surface area contributed by atoms with Crippen molar-refractivity contribution in [2.45, 2.75) is 13.8 Å². The number of hydrogen-bond donors (Lipinski definition) is 2. The van der Waals surface area contributed by atoms with E-state index in [1.54, 1.807) is 36.5 Å². The summed E-state index contributed by atoms with van der Waals surface area (Å²) in [6.45, 7) is 3.95. The number of carbonyl (C=O) groups is 2. The van der Waals surface area contributed by atoms with Crippen LogP contribution in [0.4, 0.5) is 5.69 Å². The van der Waals surface area contributed by atoms with Gasteiger partial charge in [-0.15, -0.1) is 0 Å². The van der Waals surface area contributed by atoms with Crippen LogP contribution in [-0.2, 0) is 0 Å². The van der Waals surface area contributed by atoms with Gasteiger partial charge in [0.1, 0.15) is 0 Å². The van der Waals surface area contributed by atoms with Gasteiger partial charge in [-0.2, -0.15) is 5.10 Å². The van der Waals surface area contributed by atoms with E-state index in [0.717, 1.165) is 16.7 Å². The summed E-state index contributed by atoms with van der Waals surface area (Å²) < 4.78 is 0. The smallest absolute Gasteiger partial charge is 0.271 e. The molecule has 0 saturated heterocycles. The van der Waals surface area contributed by atoms with Crippen LogP contribution in [0.2, 0.25) is 0 Å². The summed E-state index contributed by atoms with van der Waals surface area (Å²) in [4.78, 5) is 24.4. The number of amides is 2. The average molecular weight is 371 g/mol. The quantitative estimate of drug-likeness (QED) is 0.518. The van der Waals surface area contributed by atoms with Gasteiger partial charge in [0.2, 0.25) is 0 Å². The summed E-state index contributed by atoms with van der Waals surface area (Å²) in [6, 6.07) is 21.8. The number of hydrazone groups is 1. The third kappa shape index (κ3) is 5.14. The molecule has 2 N–H and O–H groups in total. The van der Waals surface area contributed by atoms with Crippen molar-refractivity contribution in [3.05, 3.63) is 101 Å². The van der Waals surface area contributed by atoms with Crippen LogP contribution >= 0.6 is 0 Å². The van der Waals surface area contributed by atoms with Gasteiger partial charge in [0.15, 0.2) is 0 Å². The summed E-state index contributed by atoms with van der Waals surface area (Å²) in [5.41, 5.74) is 7.24. The minimum absolute atomic E-state index is 0.191. The lowest BCUT2D eigenvalue weighted by atomic mass is 10.1. The minimum Gasteiger partial charge on any atom is -0.322 e. The zero-order chi connectivity index (χ0) is 19.9. The van der Waals surface area contributed by atoms with Crippen LogP contribution in [0.25, 0.3) is 0 Å². The Labute approximate surface area is 164 Å². The van der Waals surface area contributed by atoms with Crippen LogP contribution in [0.5, 0.6) is 0 Å². The summed E-state index contributed by atoms with van der Waals surface area (Å²) >= 11 is 0. The van der Waals surface area contributed by atoms with Gasteiger partial charge in [0, 0.05) is 16.8 Å². The van der Waals surface area contributed by atoms with E-state index in [0.29, 0.717) is 16.8 Å². The molecule has 5 heteroatoms. The average Bonchev–Trinajstić information content (AvgIpc) is 2.70. The van der Waals surface area contributed by atoms with Crippen LogP contribution < -0.4 is 10.7 Å². The van der Waals surface area contributed by atoms with Gasteiger partial charge < -0.3 is 5.32 Å². The maximum Gasteiger partial charge on any atom is 0.271 e. The van der Waals surface area contributed by atoms with Crippen molar-refractivity contribution in [3.63, 3.8) is 0 Å². The molecule has 0 bridgehead atoms. The van der Waals surface area contributed by atoms with E-state index < -0.39 is 0 Å². The van der Waals surface area contributed by atoms with Gasteiger partial charge in [-0.3, -0.25) is 9.59 Å². The van der Waals surface area contributed by atoms with Crippen molar-refractivity contribution >= 4 is 23.7 Å². The first-order valence-corrected chi connectivity index (χ1v) is 8.89. The summed E-state index contributed by atoms with van der Waals surface area (Å²) in [5.74, 6) is -0.511. The molecule has 5 nitrogen and oxygen atoms in total. The lowest BCUT2D eigenvalue weighted by Crippen LogP contribution is -2.17. The van der Waals surface area contributed by atoms with Gasteiger partial charge in [-0.05, 0) is 55.8 Å². The normalized spacial score (nSPS) is 10.6. The number of carbonyl (C=O) groups excluding carboxylic acids is 2. The fourth-order valence-corrected chi connectivity index (χ4v) is 2.58. The van der Waals surface area contributed by atoms with E-state index in [9.17, 15) is 9.59 Å². The molecule has 0 spiro atoms. The molecule has 2 amide bonds. The monoisotopic (exact) mass is 371 g/mol. The number of nitrogens with one attached hydrogen (secondary N) is 2. The summed E-state index contributed by atoms with van der Waals surface area (Å²) in [6.07, 6.45) is 1.59. The third-order valence-electron chi connectivity index (χ3n) is 4.14. The molecule has 0 unspecified atom stereocenters. The van der Waals surface area contributed by atoms with Gasteiger partial charge in [0.05, 0.1) is 6.21 Å². The highest BCUT2D eigenvalue weighted by molar-refractivity contribution is 6.04. The fraction of sp³-hybridized carbons (Fsp3) is 0.0870. The van der Waals surface area contributed by atoms with Gasteiger partial charge in [0.25, 0.3) is 11.8 Å². The van der Waals surface area contributed by atoms with Crippen molar-refractivity contribution in [3.8, 4) is 0 Å². The SMILES string of the molecule is Cc1ccc(/C=N/NC(=O)c2ccc(NC(=O)c3cccc(C)c3)cc2)cc1. The predicted octanol–water partition coefficient (Wildman–Crippen LogP) is 4.32. The third-order valence-corrected chi connectivity index (χ3v) is 4.14. The second kappa shape index (κ2) is 8.77. The number of rotatable bonds is 5. The van der Waals surface area contributed by atoms with Crippen LogP contribution in [0.1, 0.15) is 37.4 Å². The molecular weight excluding hydrogens is 350 g/mol. The second-order valence-electron chi connectivity index (χ2n) is 6.51. The number of benzene rings is 3. The van der Waals surface area contributed by atoms with E-state index in [1.807, 2.05) is 56.3 Å². The van der Waals surface area contributed by atoms with E-state index in [1.165, 1.54) is 0 Å². The Hall–Kier alpha value is -3.73. The lowest BCUT2D eigenvalue weighted by Gasteiger charge is -2.07. The second-order valence-corrected chi connectivity index (χ2v) is 6.51. The Morgan fingerprint density at radius 1 is 0.786 bits per heavy atom. The summed E-state index contributed by atoms with van der Waals surface area (Å²) in [5, 5.41) is 6.79. The van der Waals surface area contributed by atoms with Crippen molar-refractivity contribution < 1.29 is 9.59 Å². The van der Waals surface area contributed by atoms with Crippen LogP contribution in [0.15, 0.2) is 77.9 Å². The van der Waals surface area contributed by atoms with Gasteiger partial charge in [-0.1, -0.05) is 47.5 Å². The minimum atomic E-state index is -0.320. The molecule has 140 valence electrons. The molecule has 3 aromatic carbocycles. The number of aryl methyl sites for hydroxylation is 2. The number of anilines is 1. The van der Waals surface area contributed by atoms with Crippen molar-refractivity contribution in [2.75, 3.05) is 5.32 Å². The largest absolute Gasteiger partial charge is 0.322 e. The molecule has 0 atom stereocenters. The molecule has 0 aliphatic rings. The van der Waals surface area contributed by atoms with E-state index in [4.69, 9.17) is 0 Å². The zero-order valence-corrected chi connectivity index (χ0v) is 15.8. The molecule has 0 aliphatic carbocycles. The van der Waals surface area contributed by atoms with Crippen LogP contribution in [-0.4, -0.2) is 18.0 Å². The van der Waals surface area contributed by atoms with Gasteiger partial charge in [-0.25, -0.2) is 5.43 Å². The Morgan fingerprint density at radius 2 is 1.50 bits per heavy atom. The standard InChI is InChI=1S/C23H21N3O2/c1-16-6-8-18(9-7-16)15-24-26-23(28)19-10-12-21(13-11-19)25-22(27)20-5-3-4-17(2)14-20/h3-15H,1-2H3,(H,25,27)(H,26,28)/b24-15+. The van der Waals surface area contributed by atoms with Crippen LogP contribution in [0.3, 0.4) is 0 Å². The number of nitrogens with zero attached hydrogens (tertiary/aromatic N) is 1. The molecule has 3 rings (SSSR count). The van der Waals surface area contributed by atoms with E-state index >= 15 is 0 Å². The Bertz CT molecular complexity index is 1010. The highest BCUT2D eigenvalue weighted by atomic mass is 16.2. The maximum atomic E-state index is 12.3. The van der Waals surface area contributed by atoms with Crippen molar-refractivity contribution in [2.24, 2.45) is 5.10 Å². The first-order chi connectivity index (χ1) is 13.5. The van der Waals surface area contributed by atoms with Gasteiger partial charge >= 0.3 is 0 Å². The lowest BCUT2D eigenvalue weighted by molar-refractivity contribution is 0.0954. The first kappa shape index (κ1) is 19.0. The Morgan fingerprint density at radius 3 is 2.18 bits per heavy atom. The molecule has 0 fully saturated rings. The maximum absolute atomic E-state index is 12.3. The molecular formula is C23H21N3O2. The van der Waals surface area contributed by atoms with E-state index in [-0.39, 0.29) is 11.8 Å². The van der Waals surface area contributed by atoms with Crippen molar-refractivity contribution in [1.29, 1.82) is 0 Å². The molecule has 0 heterocycles. The first-order valence-electron chi connectivity index (χ1n) is 8.89. The number of hydrogen-bond acceptors (Lipinski definition) is 3. The van der Waals surface area contributed by atoms with Crippen molar-refractivity contribution in [1.82, 2.24) is 5.43 Å². The predicted molar refractivity (Wildman–Crippen MR) is 112 cm³/mol. The Balaban J connectivity index is 1.58. The van der Waals surface area contributed by atoms with E-state index in [2.05, 4.69) is 15.8 Å². The molecule has 3 aromatic rings. The molecule has 0 saturated carbocycles. The molecule has 28 heavy (non-hydrogen) atoms.